The van der Waals surface area contributed by atoms with E-state index in [0.717, 1.165) is 6.42 Å². The van der Waals surface area contributed by atoms with Crippen LogP contribution < -0.4 is 0 Å². The first-order valence-electron chi connectivity index (χ1n) is 10.4. The van der Waals surface area contributed by atoms with Gasteiger partial charge in [-0.1, -0.05) is 20.4 Å². The zero-order chi connectivity index (χ0) is 20.6. The minimum absolute atomic E-state index is 0.00781. The molecule has 0 radical (unpaired) electrons. The van der Waals surface area contributed by atoms with Gasteiger partial charge in [0.25, 0.3) is 0 Å². The van der Waals surface area contributed by atoms with E-state index in [1.807, 2.05) is 0 Å². The van der Waals surface area contributed by atoms with Gasteiger partial charge in [-0.2, -0.15) is 0 Å². The normalized spacial score (nSPS) is 49.4. The Morgan fingerprint density at radius 2 is 1.82 bits per heavy atom. The Hall–Kier alpha value is -1.24. The molecule has 4 aliphatic carbocycles. The van der Waals surface area contributed by atoms with Gasteiger partial charge < -0.3 is 20.1 Å². The predicted octanol–water partition coefficient (Wildman–Crippen LogP) is 1.61. The summed E-state index contributed by atoms with van der Waals surface area (Å²) in [5.41, 5.74) is -2.02. The minimum Gasteiger partial charge on any atom is -0.465 e. The lowest BCUT2D eigenvalue weighted by Crippen LogP contribution is -2.72. The number of ether oxygens (including phenoxy) is 1. The molecule has 0 aliphatic heterocycles. The van der Waals surface area contributed by atoms with Gasteiger partial charge >= 0.3 is 5.97 Å². The molecule has 0 heterocycles. The third-order valence-corrected chi connectivity index (χ3v) is 8.81. The number of aliphatic hydroxyl groups excluding tert-OH is 3. The number of esters is 1. The fourth-order valence-corrected chi connectivity index (χ4v) is 7.55. The van der Waals surface area contributed by atoms with Crippen molar-refractivity contribution in [2.45, 2.75) is 71.2 Å². The fraction of sp³-hybridized carbons (Fsp3) is 0.818. The number of rotatable bonds is 2. The third-order valence-electron chi connectivity index (χ3n) is 8.81. The molecule has 0 aromatic rings. The lowest BCUT2D eigenvalue weighted by atomic mass is 9.38. The molecule has 2 bridgehead atoms. The second-order valence-corrected chi connectivity index (χ2v) is 10.2. The molecule has 8 unspecified atom stereocenters. The molecule has 8 atom stereocenters. The zero-order valence-electron chi connectivity index (χ0n) is 17.0. The maximum atomic E-state index is 13.4. The van der Waals surface area contributed by atoms with Gasteiger partial charge in [0.05, 0.1) is 30.3 Å². The van der Waals surface area contributed by atoms with Crippen molar-refractivity contribution in [2.75, 3.05) is 6.61 Å². The van der Waals surface area contributed by atoms with Gasteiger partial charge in [0, 0.05) is 18.3 Å². The Balaban J connectivity index is 1.92. The molecule has 3 N–H and O–H groups in total. The van der Waals surface area contributed by atoms with Gasteiger partial charge in [-0.3, -0.25) is 9.59 Å². The summed E-state index contributed by atoms with van der Waals surface area (Å²) >= 11 is 0. The van der Waals surface area contributed by atoms with Crippen molar-refractivity contribution < 1.29 is 29.6 Å². The van der Waals surface area contributed by atoms with Crippen molar-refractivity contribution >= 4 is 11.8 Å². The van der Waals surface area contributed by atoms with E-state index in [0.29, 0.717) is 31.3 Å². The van der Waals surface area contributed by atoms with Crippen molar-refractivity contribution in [1.82, 2.24) is 0 Å². The van der Waals surface area contributed by atoms with Crippen LogP contribution >= 0.6 is 0 Å². The Morgan fingerprint density at radius 1 is 1.14 bits per heavy atom. The largest absolute Gasteiger partial charge is 0.465 e. The van der Waals surface area contributed by atoms with Crippen LogP contribution in [0.3, 0.4) is 0 Å². The Kier molecular flexibility index (Phi) is 4.39. The van der Waals surface area contributed by atoms with E-state index in [1.165, 1.54) is 6.92 Å². The summed E-state index contributed by atoms with van der Waals surface area (Å²) in [5.74, 6) is -1.62. The average Bonchev–Trinajstić information content (AvgIpc) is 2.73. The van der Waals surface area contributed by atoms with Crippen LogP contribution in [0.2, 0.25) is 0 Å². The summed E-state index contributed by atoms with van der Waals surface area (Å²) in [6.45, 7) is 9.52. The summed E-state index contributed by atoms with van der Waals surface area (Å²) < 4.78 is 5.49. The fourth-order valence-electron chi connectivity index (χ4n) is 7.55. The van der Waals surface area contributed by atoms with Crippen LogP contribution in [0.5, 0.6) is 0 Å². The highest BCUT2D eigenvalue weighted by Gasteiger charge is 2.76. The maximum absolute atomic E-state index is 13.4. The number of carbonyl (C=O) groups is 2. The quantitative estimate of drug-likeness (QED) is 0.487. The molecule has 4 aliphatic rings. The molecule has 0 aromatic carbocycles. The van der Waals surface area contributed by atoms with E-state index in [1.54, 1.807) is 0 Å². The molecule has 4 fully saturated rings. The van der Waals surface area contributed by atoms with E-state index in [9.17, 15) is 24.9 Å². The highest BCUT2D eigenvalue weighted by Crippen LogP contribution is 2.71. The number of hydrogen-bond acceptors (Lipinski definition) is 6. The van der Waals surface area contributed by atoms with Crippen LogP contribution in [0.15, 0.2) is 12.2 Å². The van der Waals surface area contributed by atoms with Crippen LogP contribution in [0.1, 0.15) is 52.9 Å². The van der Waals surface area contributed by atoms with Crippen molar-refractivity contribution in [1.29, 1.82) is 0 Å². The standard InChI is InChI=1S/C22H32O6/c1-11-13-5-6-14-21(10-28-12(2)23)15(20(3,4)8-7-16(21)24)9-17(25)22(14,18(11)26)19(13)27/h13-17,19,24-25,27H,1,5-10H2,2-4H3. The van der Waals surface area contributed by atoms with E-state index in [-0.39, 0.29) is 29.6 Å². The van der Waals surface area contributed by atoms with Gasteiger partial charge in [0.2, 0.25) is 0 Å². The predicted molar refractivity (Wildman–Crippen MR) is 101 cm³/mol. The second kappa shape index (κ2) is 6.13. The number of Topliss-reactive ketones (excluding diaryl/α,β-unsaturated/α-hetero) is 1. The first-order chi connectivity index (χ1) is 13.0. The van der Waals surface area contributed by atoms with Crippen molar-refractivity contribution in [3.63, 3.8) is 0 Å². The highest BCUT2D eigenvalue weighted by atomic mass is 16.5. The molecule has 28 heavy (non-hydrogen) atoms. The summed E-state index contributed by atoms with van der Waals surface area (Å²) in [7, 11) is 0. The molecule has 4 rings (SSSR count). The van der Waals surface area contributed by atoms with Gasteiger partial charge in [-0.05, 0) is 54.9 Å². The molecular formula is C22H32O6. The summed E-state index contributed by atoms with van der Waals surface area (Å²) in [6.07, 6.45) is 0.0486. The maximum Gasteiger partial charge on any atom is 0.302 e. The molecule has 6 heteroatoms. The van der Waals surface area contributed by atoms with E-state index < -0.39 is 41.0 Å². The highest BCUT2D eigenvalue weighted by molar-refractivity contribution is 6.04. The average molecular weight is 392 g/mol. The molecular weight excluding hydrogens is 360 g/mol. The third kappa shape index (κ3) is 2.20. The smallest absolute Gasteiger partial charge is 0.302 e. The first kappa shape index (κ1) is 20.0. The summed E-state index contributed by atoms with van der Waals surface area (Å²) in [6, 6.07) is 0. The molecule has 0 amide bonds. The molecule has 4 saturated carbocycles. The number of carbonyl (C=O) groups excluding carboxylic acids is 2. The zero-order valence-corrected chi connectivity index (χ0v) is 17.0. The molecule has 0 aromatic heterocycles. The second-order valence-electron chi connectivity index (χ2n) is 10.2. The number of aliphatic hydroxyl groups is 3. The topological polar surface area (TPSA) is 104 Å². The van der Waals surface area contributed by atoms with E-state index in [2.05, 4.69) is 20.4 Å². The lowest BCUT2D eigenvalue weighted by molar-refractivity contribution is -0.268. The van der Waals surface area contributed by atoms with Gasteiger partial charge in [0.1, 0.15) is 0 Å². The van der Waals surface area contributed by atoms with Gasteiger partial charge in [-0.25, -0.2) is 0 Å². The number of hydrogen-bond donors (Lipinski definition) is 3. The van der Waals surface area contributed by atoms with Gasteiger partial charge in [-0.15, -0.1) is 0 Å². The number of ketones is 1. The van der Waals surface area contributed by atoms with Crippen LogP contribution in [0.4, 0.5) is 0 Å². The van der Waals surface area contributed by atoms with Crippen molar-refractivity contribution in [2.24, 2.45) is 34.0 Å². The Bertz CT molecular complexity index is 729. The SMILES string of the molecule is C=C1C(=O)C23C(O)CC4C(C)(C)CCC(O)C4(COC(C)=O)C2CCC1C3O. The minimum atomic E-state index is -1.36. The molecule has 156 valence electrons. The van der Waals surface area contributed by atoms with Crippen LogP contribution in [-0.4, -0.2) is 52.0 Å². The van der Waals surface area contributed by atoms with Crippen molar-refractivity contribution in [3.05, 3.63) is 12.2 Å². The molecule has 0 saturated heterocycles. The molecule has 1 spiro atoms. The van der Waals surface area contributed by atoms with Crippen LogP contribution in [-0.2, 0) is 14.3 Å². The van der Waals surface area contributed by atoms with E-state index in [4.69, 9.17) is 4.74 Å². The van der Waals surface area contributed by atoms with Crippen LogP contribution in [0.25, 0.3) is 0 Å². The summed E-state index contributed by atoms with van der Waals surface area (Å²) in [5, 5.41) is 33.8. The van der Waals surface area contributed by atoms with Gasteiger partial charge in [0.15, 0.2) is 5.78 Å². The number of fused-ring (bicyclic) bond motifs is 3. The van der Waals surface area contributed by atoms with Crippen LogP contribution in [0, 0.1) is 34.0 Å². The Morgan fingerprint density at radius 3 is 2.46 bits per heavy atom. The monoisotopic (exact) mass is 392 g/mol. The summed E-state index contributed by atoms with van der Waals surface area (Å²) in [4.78, 5) is 25.1. The Labute approximate surface area is 166 Å². The first-order valence-corrected chi connectivity index (χ1v) is 10.4. The lowest BCUT2D eigenvalue weighted by Gasteiger charge is -2.66. The molecule has 6 nitrogen and oxygen atoms in total. The van der Waals surface area contributed by atoms with E-state index >= 15 is 0 Å². The van der Waals surface area contributed by atoms with Crippen molar-refractivity contribution in [3.8, 4) is 0 Å².